The molecule has 0 fully saturated rings. The van der Waals surface area contributed by atoms with Crippen molar-refractivity contribution in [2.75, 3.05) is 0 Å². The van der Waals surface area contributed by atoms with E-state index in [1.165, 1.54) is 44.4 Å². The summed E-state index contributed by atoms with van der Waals surface area (Å²) in [5.41, 5.74) is 0. The smallest absolute Gasteiger partial charge is 0.164 e. The molecule has 14 heavy (non-hydrogen) atoms. The van der Waals surface area contributed by atoms with Crippen LogP contribution in [0.1, 0.15) is 51.2 Å². The summed E-state index contributed by atoms with van der Waals surface area (Å²) >= 11 is 0. The molecule has 0 radical (unpaired) electrons. The Labute approximate surface area is 85.3 Å². The number of unbranched alkanes of at least 4 members (excludes halogenated alkanes) is 5. The Bertz CT molecular complexity index is 242. The Morgan fingerprint density at radius 2 is 1.86 bits per heavy atom. The summed E-state index contributed by atoms with van der Waals surface area (Å²) in [6, 6.07) is 1.38. The highest BCUT2D eigenvalue weighted by molar-refractivity contribution is 5.02. The third-order valence-electron chi connectivity index (χ3n) is 2.45. The molecule has 0 aromatic carbocycles. The Kier molecular flexibility index (Phi) is 5.35. The van der Waals surface area contributed by atoms with Crippen molar-refractivity contribution in [3.63, 3.8) is 0 Å². The van der Waals surface area contributed by atoms with E-state index in [1.807, 2.05) is 0 Å². The van der Waals surface area contributed by atoms with Crippen molar-refractivity contribution in [2.45, 2.75) is 51.9 Å². The maximum Gasteiger partial charge on any atom is 0.164 e. The van der Waals surface area contributed by atoms with E-state index in [2.05, 4.69) is 6.92 Å². The van der Waals surface area contributed by atoms with Crippen LogP contribution < -0.4 is 0 Å². The van der Waals surface area contributed by atoms with Crippen LogP contribution in [0.15, 0.2) is 16.7 Å². The fraction of sp³-hybridized carbons (Fsp3) is 0.667. The second kappa shape index (κ2) is 6.63. The first-order valence-corrected chi connectivity index (χ1v) is 5.56. The van der Waals surface area contributed by atoms with Gasteiger partial charge in [0.2, 0.25) is 0 Å². The van der Waals surface area contributed by atoms with E-state index in [0.29, 0.717) is 5.76 Å². The summed E-state index contributed by atoms with van der Waals surface area (Å²) in [7, 11) is 0. The molecule has 80 valence electrons. The Hall–Kier alpha value is -0.790. The van der Waals surface area contributed by atoms with Gasteiger partial charge in [0.05, 0.1) is 6.26 Å². The molecule has 0 bridgehead atoms. The molecule has 0 atom stereocenters. The highest BCUT2D eigenvalue weighted by Crippen LogP contribution is 2.13. The number of aryl methyl sites for hydroxylation is 1. The van der Waals surface area contributed by atoms with Crippen LogP contribution in [-0.4, -0.2) is 0 Å². The van der Waals surface area contributed by atoms with Crippen molar-refractivity contribution >= 4 is 0 Å². The van der Waals surface area contributed by atoms with Gasteiger partial charge in [0.1, 0.15) is 5.76 Å². The molecule has 1 aromatic heterocycles. The average molecular weight is 198 g/mol. The topological polar surface area (TPSA) is 13.1 Å². The van der Waals surface area contributed by atoms with E-state index in [4.69, 9.17) is 4.42 Å². The SMILES string of the molecule is CCCCCCCCc1occc1F. The van der Waals surface area contributed by atoms with Crippen LogP contribution in [0.4, 0.5) is 4.39 Å². The normalized spacial score (nSPS) is 10.7. The zero-order chi connectivity index (χ0) is 10.2. The van der Waals surface area contributed by atoms with Crippen molar-refractivity contribution in [2.24, 2.45) is 0 Å². The molecule has 1 heterocycles. The van der Waals surface area contributed by atoms with Gasteiger partial charge >= 0.3 is 0 Å². The first-order chi connectivity index (χ1) is 6.84. The predicted molar refractivity (Wildman–Crippen MR) is 55.7 cm³/mol. The van der Waals surface area contributed by atoms with Gasteiger partial charge in [-0.2, -0.15) is 0 Å². The lowest BCUT2D eigenvalue weighted by atomic mass is 10.1. The summed E-state index contributed by atoms with van der Waals surface area (Å²) in [6.45, 7) is 2.21. The molecule has 0 aliphatic heterocycles. The standard InChI is InChI=1S/C12H19FO/c1-2-3-4-5-6-7-8-12-11(13)9-10-14-12/h9-10H,2-8H2,1H3. The molecule has 2 heteroatoms. The molecule has 0 N–H and O–H groups in total. The molecule has 0 saturated heterocycles. The highest BCUT2D eigenvalue weighted by Gasteiger charge is 2.03. The van der Waals surface area contributed by atoms with Gasteiger partial charge in [-0.1, -0.05) is 39.0 Å². The predicted octanol–water partition coefficient (Wildman–Crippen LogP) is 4.32. The van der Waals surface area contributed by atoms with E-state index in [-0.39, 0.29) is 5.82 Å². The number of halogens is 1. The van der Waals surface area contributed by atoms with Crippen molar-refractivity contribution in [1.82, 2.24) is 0 Å². The summed E-state index contributed by atoms with van der Waals surface area (Å²) < 4.78 is 17.9. The summed E-state index contributed by atoms with van der Waals surface area (Å²) in [5, 5.41) is 0. The van der Waals surface area contributed by atoms with Gasteiger partial charge in [0.25, 0.3) is 0 Å². The highest BCUT2D eigenvalue weighted by atomic mass is 19.1. The zero-order valence-electron chi connectivity index (χ0n) is 8.89. The van der Waals surface area contributed by atoms with Crippen molar-refractivity contribution in [3.05, 3.63) is 23.9 Å². The lowest BCUT2D eigenvalue weighted by Gasteiger charge is -1.99. The summed E-state index contributed by atoms with van der Waals surface area (Å²) in [6.07, 6.45) is 9.52. The molecule has 0 saturated carbocycles. The van der Waals surface area contributed by atoms with Gasteiger partial charge in [-0.3, -0.25) is 0 Å². The van der Waals surface area contributed by atoms with E-state index >= 15 is 0 Å². The van der Waals surface area contributed by atoms with Crippen LogP contribution in [0.25, 0.3) is 0 Å². The van der Waals surface area contributed by atoms with Gasteiger partial charge in [-0.15, -0.1) is 0 Å². The molecule has 0 amide bonds. The van der Waals surface area contributed by atoms with Gasteiger partial charge < -0.3 is 4.42 Å². The van der Waals surface area contributed by atoms with Gasteiger partial charge in [0.15, 0.2) is 5.82 Å². The molecular weight excluding hydrogens is 179 g/mol. The lowest BCUT2D eigenvalue weighted by molar-refractivity contribution is 0.460. The first-order valence-electron chi connectivity index (χ1n) is 5.56. The van der Waals surface area contributed by atoms with Crippen LogP contribution in [0.3, 0.4) is 0 Å². The van der Waals surface area contributed by atoms with Gasteiger partial charge in [0, 0.05) is 12.5 Å². The lowest BCUT2D eigenvalue weighted by Crippen LogP contribution is -1.86. The van der Waals surface area contributed by atoms with Crippen molar-refractivity contribution in [1.29, 1.82) is 0 Å². The molecule has 0 aliphatic carbocycles. The fourth-order valence-corrected chi connectivity index (χ4v) is 1.57. The quantitative estimate of drug-likeness (QED) is 0.594. The third-order valence-corrected chi connectivity index (χ3v) is 2.45. The fourth-order valence-electron chi connectivity index (χ4n) is 1.57. The first kappa shape index (κ1) is 11.3. The molecule has 1 nitrogen and oxygen atoms in total. The van der Waals surface area contributed by atoms with Crippen LogP contribution in [0, 0.1) is 5.82 Å². The molecule has 1 rings (SSSR count). The maximum absolute atomic E-state index is 12.9. The number of furan rings is 1. The van der Waals surface area contributed by atoms with E-state index < -0.39 is 0 Å². The second-order valence-electron chi connectivity index (χ2n) is 3.71. The van der Waals surface area contributed by atoms with Crippen LogP contribution in [-0.2, 0) is 6.42 Å². The van der Waals surface area contributed by atoms with E-state index in [1.54, 1.807) is 0 Å². The summed E-state index contributed by atoms with van der Waals surface area (Å²) in [4.78, 5) is 0. The minimum absolute atomic E-state index is 0.196. The largest absolute Gasteiger partial charge is 0.466 e. The molecule has 0 unspecified atom stereocenters. The van der Waals surface area contributed by atoms with Crippen LogP contribution in [0.2, 0.25) is 0 Å². The van der Waals surface area contributed by atoms with Crippen molar-refractivity contribution in [3.8, 4) is 0 Å². The zero-order valence-corrected chi connectivity index (χ0v) is 8.89. The minimum atomic E-state index is -0.196. The molecular formula is C12H19FO. The van der Waals surface area contributed by atoms with Crippen molar-refractivity contribution < 1.29 is 8.81 Å². The number of rotatable bonds is 7. The number of hydrogen-bond donors (Lipinski definition) is 0. The Balaban J connectivity index is 2.02. The maximum atomic E-state index is 12.9. The summed E-state index contributed by atoms with van der Waals surface area (Å²) in [5.74, 6) is 0.319. The third kappa shape index (κ3) is 3.95. The Morgan fingerprint density at radius 1 is 1.14 bits per heavy atom. The molecule has 0 spiro atoms. The molecule has 1 aromatic rings. The van der Waals surface area contributed by atoms with E-state index in [0.717, 1.165) is 12.8 Å². The van der Waals surface area contributed by atoms with Gasteiger partial charge in [-0.05, 0) is 6.42 Å². The van der Waals surface area contributed by atoms with E-state index in [9.17, 15) is 4.39 Å². The van der Waals surface area contributed by atoms with Crippen LogP contribution in [0.5, 0.6) is 0 Å². The second-order valence-corrected chi connectivity index (χ2v) is 3.71. The number of hydrogen-bond acceptors (Lipinski definition) is 1. The van der Waals surface area contributed by atoms with Gasteiger partial charge in [-0.25, -0.2) is 4.39 Å². The monoisotopic (exact) mass is 198 g/mol. The minimum Gasteiger partial charge on any atom is -0.466 e. The average Bonchev–Trinajstić information content (AvgIpc) is 2.58. The molecule has 0 aliphatic rings. The van der Waals surface area contributed by atoms with Crippen LogP contribution >= 0.6 is 0 Å². The Morgan fingerprint density at radius 3 is 2.50 bits per heavy atom.